The van der Waals surface area contributed by atoms with Crippen molar-refractivity contribution in [3.8, 4) is 0 Å². The number of hydrogen-bond acceptors (Lipinski definition) is 5. The second-order valence-corrected chi connectivity index (χ2v) is 9.83. The van der Waals surface area contributed by atoms with E-state index in [0.717, 1.165) is 11.3 Å². The highest BCUT2D eigenvalue weighted by Gasteiger charge is 2.35. The zero-order valence-electron chi connectivity index (χ0n) is 18.0. The van der Waals surface area contributed by atoms with Gasteiger partial charge in [0.05, 0.1) is 11.7 Å². The van der Waals surface area contributed by atoms with Gasteiger partial charge in [-0.05, 0) is 42.7 Å². The molecule has 2 aliphatic heterocycles. The fraction of sp³-hybridized carbons (Fsp3) is 0.240. The number of pyridine rings is 1. The number of likely N-dealkylation sites (tertiary alicyclic amines) is 1. The van der Waals surface area contributed by atoms with Gasteiger partial charge >= 0.3 is 0 Å². The van der Waals surface area contributed by atoms with Crippen LogP contribution in [0.15, 0.2) is 88.3 Å². The monoisotopic (exact) mass is 460 g/mol. The highest BCUT2D eigenvalue weighted by atomic mass is 32.2. The van der Waals surface area contributed by atoms with Gasteiger partial charge in [-0.1, -0.05) is 48.5 Å². The van der Waals surface area contributed by atoms with E-state index in [1.165, 1.54) is 0 Å². The van der Waals surface area contributed by atoms with Crippen molar-refractivity contribution in [2.24, 2.45) is 10.3 Å². The third kappa shape index (κ3) is 4.26. The molecule has 1 atom stereocenters. The number of sulfonamides is 1. The lowest BCUT2D eigenvalue weighted by atomic mass is 9.94. The molecule has 1 amide bonds. The molecule has 7 nitrogen and oxygen atoms in total. The highest BCUT2D eigenvalue weighted by Crippen LogP contribution is 2.30. The Balaban J connectivity index is 1.29. The molecule has 1 fully saturated rings. The zero-order valence-corrected chi connectivity index (χ0v) is 18.8. The van der Waals surface area contributed by atoms with Crippen molar-refractivity contribution in [1.82, 2.24) is 15.2 Å². The van der Waals surface area contributed by atoms with Crippen LogP contribution in [0.2, 0.25) is 0 Å². The summed E-state index contributed by atoms with van der Waals surface area (Å²) in [6.07, 6.45) is 2.97. The Labute approximate surface area is 193 Å². The maximum absolute atomic E-state index is 13.2. The number of nitrogens with one attached hydrogen (secondary N) is 1. The molecule has 0 aliphatic carbocycles. The van der Waals surface area contributed by atoms with E-state index in [9.17, 15) is 13.2 Å². The van der Waals surface area contributed by atoms with Gasteiger partial charge in [0.1, 0.15) is 4.90 Å². The Morgan fingerprint density at radius 2 is 1.64 bits per heavy atom. The number of amidine groups is 1. The summed E-state index contributed by atoms with van der Waals surface area (Å²) >= 11 is 0. The summed E-state index contributed by atoms with van der Waals surface area (Å²) in [5.74, 6) is 0.306. The summed E-state index contributed by atoms with van der Waals surface area (Å²) < 4.78 is 28.8. The predicted octanol–water partition coefficient (Wildman–Crippen LogP) is 3.15. The summed E-state index contributed by atoms with van der Waals surface area (Å²) in [4.78, 5) is 19.9. The zero-order chi connectivity index (χ0) is 22.8. The normalized spacial score (nSPS) is 18.3. The number of carbonyl (C=O) groups is 1. The van der Waals surface area contributed by atoms with Crippen molar-refractivity contribution in [2.75, 3.05) is 13.1 Å². The van der Waals surface area contributed by atoms with Gasteiger partial charge in [0, 0.05) is 30.8 Å². The number of benzene rings is 2. The molecule has 1 unspecified atom stereocenters. The number of amides is 1. The van der Waals surface area contributed by atoms with Crippen LogP contribution in [0.3, 0.4) is 0 Å². The average Bonchev–Trinajstić information content (AvgIpc) is 3.14. The lowest BCUT2D eigenvalue weighted by molar-refractivity contribution is -0.126. The highest BCUT2D eigenvalue weighted by molar-refractivity contribution is 7.90. The molecule has 1 N–H and O–H groups in total. The van der Waals surface area contributed by atoms with Crippen LogP contribution in [0, 0.1) is 5.92 Å². The van der Waals surface area contributed by atoms with E-state index in [2.05, 4.69) is 14.7 Å². The molecule has 0 saturated carbocycles. The third-order valence-corrected chi connectivity index (χ3v) is 7.51. The first-order valence-corrected chi connectivity index (χ1v) is 12.4. The molecule has 3 aromatic rings. The van der Waals surface area contributed by atoms with Crippen LogP contribution in [-0.4, -0.2) is 43.1 Å². The number of nitrogens with zero attached hydrogens (tertiary/aromatic N) is 3. The van der Waals surface area contributed by atoms with Crippen LogP contribution in [0.25, 0.3) is 0 Å². The smallest absolute Gasteiger partial charge is 0.285 e. The Bertz CT molecular complexity index is 1250. The lowest BCUT2D eigenvalue weighted by Crippen LogP contribution is -2.44. The van der Waals surface area contributed by atoms with E-state index in [1.807, 2.05) is 59.5 Å². The summed E-state index contributed by atoms with van der Waals surface area (Å²) in [5, 5.41) is 3.19. The van der Waals surface area contributed by atoms with Gasteiger partial charge < -0.3 is 10.2 Å². The van der Waals surface area contributed by atoms with Crippen molar-refractivity contribution in [1.29, 1.82) is 0 Å². The van der Waals surface area contributed by atoms with Crippen LogP contribution in [-0.2, 0) is 14.8 Å². The Kier molecular flexibility index (Phi) is 5.68. The van der Waals surface area contributed by atoms with Crippen molar-refractivity contribution < 1.29 is 13.2 Å². The average molecular weight is 461 g/mol. The first-order valence-electron chi connectivity index (χ1n) is 11.0. The molecule has 8 heteroatoms. The van der Waals surface area contributed by atoms with Crippen LogP contribution < -0.4 is 5.32 Å². The molecule has 2 aromatic carbocycles. The number of aromatic nitrogens is 1. The molecule has 5 rings (SSSR count). The van der Waals surface area contributed by atoms with Gasteiger partial charge in [-0.2, -0.15) is 8.42 Å². The number of rotatable bonds is 4. The standard InChI is InChI=1S/C25H24N4O3S/c30-25(27-23(18-8-2-1-3-9-18)21-11-6-7-15-26-21)19-13-16-29(17-14-19)24-20-10-4-5-12-22(20)33(31,32)28-24/h1-12,15,19,23H,13-14,16-17H2,(H,27,30). The van der Waals surface area contributed by atoms with Gasteiger partial charge in [0.25, 0.3) is 10.0 Å². The van der Waals surface area contributed by atoms with Crippen molar-refractivity contribution in [3.05, 3.63) is 95.8 Å². The van der Waals surface area contributed by atoms with Crippen LogP contribution in [0.4, 0.5) is 0 Å². The van der Waals surface area contributed by atoms with Crippen molar-refractivity contribution in [3.63, 3.8) is 0 Å². The lowest BCUT2D eigenvalue weighted by Gasteiger charge is -2.33. The molecular weight excluding hydrogens is 436 g/mol. The number of piperidine rings is 1. The van der Waals surface area contributed by atoms with E-state index in [0.29, 0.717) is 37.3 Å². The maximum atomic E-state index is 13.2. The first kappa shape index (κ1) is 21.3. The molecular formula is C25H24N4O3S. The van der Waals surface area contributed by atoms with Gasteiger partial charge in [-0.25, -0.2) is 0 Å². The van der Waals surface area contributed by atoms with Crippen LogP contribution in [0.1, 0.15) is 35.7 Å². The van der Waals surface area contributed by atoms with Gasteiger partial charge in [0.15, 0.2) is 5.84 Å². The molecule has 0 bridgehead atoms. The summed E-state index contributed by atoms with van der Waals surface area (Å²) in [7, 11) is -3.65. The Morgan fingerprint density at radius 1 is 0.939 bits per heavy atom. The molecule has 1 saturated heterocycles. The maximum Gasteiger partial charge on any atom is 0.285 e. The SMILES string of the molecule is O=C(NC(c1ccccc1)c1ccccn1)C1CCN(C2=NS(=O)(=O)c3ccccc32)CC1. The molecule has 0 radical (unpaired) electrons. The van der Waals surface area contributed by atoms with E-state index in [-0.39, 0.29) is 22.8 Å². The minimum absolute atomic E-state index is 0.0180. The van der Waals surface area contributed by atoms with Crippen LogP contribution >= 0.6 is 0 Å². The second-order valence-electron chi connectivity index (χ2n) is 8.25. The first-order chi connectivity index (χ1) is 16.0. The summed E-state index contributed by atoms with van der Waals surface area (Å²) in [6, 6.07) is 22.1. The molecule has 33 heavy (non-hydrogen) atoms. The molecule has 3 heterocycles. The largest absolute Gasteiger partial charge is 0.355 e. The Hall–Kier alpha value is -3.52. The number of carbonyl (C=O) groups excluding carboxylic acids is 1. The van der Waals surface area contributed by atoms with E-state index in [4.69, 9.17) is 0 Å². The summed E-state index contributed by atoms with van der Waals surface area (Å²) in [6.45, 7) is 1.14. The van der Waals surface area contributed by atoms with Crippen molar-refractivity contribution in [2.45, 2.75) is 23.8 Å². The quantitative estimate of drug-likeness (QED) is 0.646. The minimum atomic E-state index is -3.65. The molecule has 2 aliphatic rings. The van der Waals surface area contributed by atoms with E-state index in [1.54, 1.807) is 24.4 Å². The predicted molar refractivity (Wildman–Crippen MR) is 125 cm³/mol. The van der Waals surface area contributed by atoms with Gasteiger partial charge in [-0.3, -0.25) is 9.78 Å². The third-order valence-electron chi connectivity index (χ3n) is 6.18. The fourth-order valence-electron chi connectivity index (χ4n) is 4.45. The van der Waals surface area contributed by atoms with Gasteiger partial charge in [-0.15, -0.1) is 4.40 Å². The molecule has 0 spiro atoms. The minimum Gasteiger partial charge on any atom is -0.355 e. The number of hydrogen-bond donors (Lipinski definition) is 1. The van der Waals surface area contributed by atoms with Crippen molar-refractivity contribution >= 4 is 21.8 Å². The molecule has 168 valence electrons. The van der Waals surface area contributed by atoms with Gasteiger partial charge in [0.2, 0.25) is 5.91 Å². The second kappa shape index (κ2) is 8.78. The Morgan fingerprint density at radius 3 is 2.36 bits per heavy atom. The number of fused-ring (bicyclic) bond motifs is 1. The fourth-order valence-corrected chi connectivity index (χ4v) is 5.68. The summed E-state index contributed by atoms with van der Waals surface area (Å²) in [5.41, 5.74) is 2.40. The topological polar surface area (TPSA) is 91.7 Å². The van der Waals surface area contributed by atoms with E-state index < -0.39 is 10.0 Å². The van der Waals surface area contributed by atoms with Crippen LogP contribution in [0.5, 0.6) is 0 Å². The molecule has 1 aromatic heterocycles. The van der Waals surface area contributed by atoms with E-state index >= 15 is 0 Å².